The molecule has 1 fully saturated rings. The van der Waals surface area contributed by atoms with Gasteiger partial charge in [-0.25, -0.2) is 8.42 Å². The van der Waals surface area contributed by atoms with Crippen molar-refractivity contribution < 1.29 is 13.2 Å². The van der Waals surface area contributed by atoms with Crippen LogP contribution in [0, 0.1) is 0 Å². The molecule has 0 saturated carbocycles. The number of sulfonamides is 1. The number of benzene rings is 1. The Labute approximate surface area is 134 Å². The van der Waals surface area contributed by atoms with Gasteiger partial charge in [-0.2, -0.15) is 4.31 Å². The minimum absolute atomic E-state index is 0.226. The third-order valence-electron chi connectivity index (χ3n) is 3.57. The maximum absolute atomic E-state index is 12.8. The van der Waals surface area contributed by atoms with Gasteiger partial charge < -0.3 is 10.1 Å². The van der Waals surface area contributed by atoms with Gasteiger partial charge in [0.15, 0.2) is 0 Å². The Kier molecular flexibility index (Phi) is 6.19. The Balaban J connectivity index is 2.20. The molecule has 1 aliphatic heterocycles. The van der Waals surface area contributed by atoms with Crippen LogP contribution in [-0.4, -0.2) is 52.1 Å². The van der Waals surface area contributed by atoms with Gasteiger partial charge in [0, 0.05) is 30.7 Å². The van der Waals surface area contributed by atoms with Gasteiger partial charge in [-0.15, -0.1) is 0 Å². The Bertz CT molecular complexity index is 559. The van der Waals surface area contributed by atoms with Crippen LogP contribution in [0.2, 0.25) is 0 Å². The van der Waals surface area contributed by atoms with Gasteiger partial charge in [0.05, 0.1) is 11.5 Å². The molecule has 0 spiro atoms. The number of halogens is 1. The second kappa shape index (κ2) is 7.69. The van der Waals surface area contributed by atoms with E-state index in [4.69, 9.17) is 4.74 Å². The Morgan fingerprint density at radius 2 is 2.29 bits per heavy atom. The zero-order chi connectivity index (χ0) is 15.3. The monoisotopic (exact) mass is 376 g/mol. The minimum atomic E-state index is -3.50. The topological polar surface area (TPSA) is 58.6 Å². The van der Waals surface area contributed by atoms with E-state index < -0.39 is 10.0 Å². The van der Waals surface area contributed by atoms with Crippen LogP contribution in [0.4, 0.5) is 0 Å². The van der Waals surface area contributed by atoms with Crippen molar-refractivity contribution >= 4 is 26.0 Å². The summed E-state index contributed by atoms with van der Waals surface area (Å²) in [5, 5.41) is 3.34. The average molecular weight is 377 g/mol. The zero-order valence-electron chi connectivity index (χ0n) is 12.1. The highest BCUT2D eigenvalue weighted by molar-refractivity contribution is 9.10. The summed E-state index contributed by atoms with van der Waals surface area (Å²) in [5.41, 5.74) is 0. The third kappa shape index (κ3) is 4.50. The summed E-state index contributed by atoms with van der Waals surface area (Å²) >= 11 is 3.32. The van der Waals surface area contributed by atoms with E-state index in [-0.39, 0.29) is 6.04 Å². The van der Waals surface area contributed by atoms with Gasteiger partial charge in [-0.05, 0) is 37.6 Å². The van der Waals surface area contributed by atoms with Crippen molar-refractivity contribution in [2.75, 3.05) is 33.4 Å². The number of rotatable bonds is 7. The highest BCUT2D eigenvalue weighted by atomic mass is 79.9. The summed E-state index contributed by atoms with van der Waals surface area (Å²) in [5.74, 6) is 0. The van der Waals surface area contributed by atoms with Crippen molar-refractivity contribution in [3.8, 4) is 0 Å². The molecule has 118 valence electrons. The van der Waals surface area contributed by atoms with E-state index in [1.807, 2.05) is 6.07 Å². The molecular weight excluding hydrogens is 356 g/mol. The largest absolute Gasteiger partial charge is 0.383 e. The number of methoxy groups -OCH3 is 1. The molecule has 7 heteroatoms. The van der Waals surface area contributed by atoms with Crippen molar-refractivity contribution in [2.24, 2.45) is 0 Å². The molecule has 1 aromatic carbocycles. The van der Waals surface area contributed by atoms with E-state index in [2.05, 4.69) is 21.2 Å². The van der Waals surface area contributed by atoms with Crippen molar-refractivity contribution in [1.29, 1.82) is 0 Å². The summed E-state index contributed by atoms with van der Waals surface area (Å²) in [6.45, 7) is 2.20. The third-order valence-corrected chi connectivity index (χ3v) is 5.92. The zero-order valence-corrected chi connectivity index (χ0v) is 14.5. The number of ether oxygens (including phenoxy) is 1. The van der Waals surface area contributed by atoms with E-state index in [0.29, 0.717) is 24.6 Å². The average Bonchev–Trinajstić information content (AvgIpc) is 2.96. The lowest BCUT2D eigenvalue weighted by atomic mass is 10.2. The van der Waals surface area contributed by atoms with Crippen LogP contribution in [0.25, 0.3) is 0 Å². The Hall–Kier alpha value is -0.470. The maximum Gasteiger partial charge on any atom is 0.243 e. The molecule has 2 rings (SSSR count). The molecule has 1 atom stereocenters. The highest BCUT2D eigenvalue weighted by Crippen LogP contribution is 2.21. The molecule has 0 radical (unpaired) electrons. The SMILES string of the molecule is COCCN(CC1CCCN1)S(=O)(=O)c1cccc(Br)c1. The van der Waals surface area contributed by atoms with Gasteiger partial charge in [0.1, 0.15) is 0 Å². The molecule has 21 heavy (non-hydrogen) atoms. The smallest absolute Gasteiger partial charge is 0.243 e. The van der Waals surface area contributed by atoms with E-state index in [0.717, 1.165) is 23.9 Å². The number of nitrogens with one attached hydrogen (secondary N) is 1. The fourth-order valence-corrected chi connectivity index (χ4v) is 4.50. The molecule has 0 amide bonds. The summed E-state index contributed by atoms with van der Waals surface area (Å²) in [6.07, 6.45) is 2.11. The lowest BCUT2D eigenvalue weighted by Crippen LogP contribution is -2.42. The van der Waals surface area contributed by atoms with Gasteiger partial charge >= 0.3 is 0 Å². The molecule has 1 aliphatic rings. The molecule has 0 aromatic heterocycles. The van der Waals surface area contributed by atoms with Crippen LogP contribution < -0.4 is 5.32 Å². The number of hydrogen-bond acceptors (Lipinski definition) is 4. The molecule has 1 saturated heterocycles. The second-order valence-corrected chi connectivity index (χ2v) is 7.96. The van der Waals surface area contributed by atoms with Crippen molar-refractivity contribution in [3.63, 3.8) is 0 Å². The van der Waals surface area contributed by atoms with E-state index >= 15 is 0 Å². The first-order valence-electron chi connectivity index (χ1n) is 7.02. The highest BCUT2D eigenvalue weighted by Gasteiger charge is 2.28. The second-order valence-electron chi connectivity index (χ2n) is 5.11. The molecular formula is C14H21BrN2O3S. The lowest BCUT2D eigenvalue weighted by Gasteiger charge is -2.25. The van der Waals surface area contributed by atoms with Crippen LogP contribution in [0.15, 0.2) is 33.6 Å². The summed E-state index contributed by atoms with van der Waals surface area (Å²) in [4.78, 5) is 0.311. The van der Waals surface area contributed by atoms with Crippen LogP contribution in [0.5, 0.6) is 0 Å². The predicted molar refractivity (Wildman–Crippen MR) is 85.8 cm³/mol. The summed E-state index contributed by atoms with van der Waals surface area (Å²) in [6, 6.07) is 7.04. The van der Waals surface area contributed by atoms with Crippen molar-refractivity contribution in [2.45, 2.75) is 23.8 Å². The first-order valence-corrected chi connectivity index (χ1v) is 9.25. The number of nitrogens with zero attached hydrogens (tertiary/aromatic N) is 1. The predicted octanol–water partition coefficient (Wildman–Crippen LogP) is 1.84. The van der Waals surface area contributed by atoms with Gasteiger partial charge in [-0.3, -0.25) is 0 Å². The van der Waals surface area contributed by atoms with E-state index in [1.165, 1.54) is 4.31 Å². The van der Waals surface area contributed by atoms with Gasteiger partial charge in [0.2, 0.25) is 10.0 Å². The Morgan fingerprint density at radius 3 is 2.90 bits per heavy atom. The molecule has 1 heterocycles. The number of hydrogen-bond donors (Lipinski definition) is 1. The van der Waals surface area contributed by atoms with Gasteiger partial charge in [-0.1, -0.05) is 22.0 Å². The lowest BCUT2D eigenvalue weighted by molar-refractivity contribution is 0.176. The maximum atomic E-state index is 12.8. The molecule has 5 nitrogen and oxygen atoms in total. The van der Waals surface area contributed by atoms with Gasteiger partial charge in [0.25, 0.3) is 0 Å². The quantitative estimate of drug-likeness (QED) is 0.788. The molecule has 1 aromatic rings. The first kappa shape index (κ1) is 16.9. The van der Waals surface area contributed by atoms with Crippen LogP contribution >= 0.6 is 15.9 Å². The Morgan fingerprint density at radius 1 is 1.48 bits per heavy atom. The van der Waals surface area contributed by atoms with Crippen LogP contribution in [-0.2, 0) is 14.8 Å². The van der Waals surface area contributed by atoms with E-state index in [1.54, 1.807) is 25.3 Å². The normalized spacial score (nSPS) is 19.3. The van der Waals surface area contributed by atoms with Crippen LogP contribution in [0.1, 0.15) is 12.8 Å². The minimum Gasteiger partial charge on any atom is -0.383 e. The fourth-order valence-electron chi connectivity index (χ4n) is 2.44. The molecule has 0 aliphatic carbocycles. The molecule has 0 bridgehead atoms. The van der Waals surface area contributed by atoms with Crippen molar-refractivity contribution in [1.82, 2.24) is 9.62 Å². The van der Waals surface area contributed by atoms with E-state index in [9.17, 15) is 8.42 Å². The van der Waals surface area contributed by atoms with Crippen LogP contribution in [0.3, 0.4) is 0 Å². The standard InChI is InChI=1S/C14H21BrN2O3S/c1-20-9-8-17(11-13-5-3-7-16-13)21(18,19)14-6-2-4-12(15)10-14/h2,4,6,10,13,16H,3,5,7-9,11H2,1H3. The first-order chi connectivity index (χ1) is 10.0. The molecule has 1 unspecified atom stereocenters. The summed E-state index contributed by atoms with van der Waals surface area (Å²) in [7, 11) is -1.92. The van der Waals surface area contributed by atoms with Crippen molar-refractivity contribution in [3.05, 3.63) is 28.7 Å². The molecule has 1 N–H and O–H groups in total. The summed E-state index contributed by atoms with van der Waals surface area (Å²) < 4.78 is 32.9. The fraction of sp³-hybridized carbons (Fsp3) is 0.571.